The topological polar surface area (TPSA) is 64.4 Å². The summed E-state index contributed by atoms with van der Waals surface area (Å²) in [6.45, 7) is 3.69. The molecule has 0 bridgehead atoms. The zero-order chi connectivity index (χ0) is 14.0. The lowest BCUT2D eigenvalue weighted by molar-refractivity contribution is -0.136. The van der Waals surface area contributed by atoms with E-state index in [1.165, 1.54) is 0 Å². The van der Waals surface area contributed by atoms with Crippen molar-refractivity contribution in [2.75, 3.05) is 7.11 Å². The molecule has 0 amide bonds. The Balaban J connectivity index is 2.48. The first kappa shape index (κ1) is 13.1. The lowest BCUT2D eigenvalue weighted by Crippen LogP contribution is -2.03. The predicted molar refractivity (Wildman–Crippen MR) is 70.9 cm³/mol. The average molecular weight is 260 g/mol. The molecule has 1 aromatic heterocycles. The lowest BCUT2D eigenvalue weighted by Gasteiger charge is -2.07. The molecule has 2 aromatic rings. The van der Waals surface area contributed by atoms with Crippen molar-refractivity contribution in [3.8, 4) is 11.4 Å². The maximum Gasteiger partial charge on any atom is 0.307 e. The van der Waals surface area contributed by atoms with Crippen molar-refractivity contribution in [1.82, 2.24) is 9.78 Å². The molecule has 0 saturated carbocycles. The molecule has 0 saturated heterocycles. The average Bonchev–Trinajstić information content (AvgIpc) is 2.66. The number of carboxylic acid groups (broad SMARTS) is 1. The molecule has 19 heavy (non-hydrogen) atoms. The van der Waals surface area contributed by atoms with Gasteiger partial charge in [0.2, 0.25) is 0 Å². The number of benzene rings is 1. The van der Waals surface area contributed by atoms with Crippen molar-refractivity contribution in [2.45, 2.75) is 20.3 Å². The minimum absolute atomic E-state index is 0.0123. The van der Waals surface area contributed by atoms with Gasteiger partial charge in [-0.05, 0) is 26.0 Å². The van der Waals surface area contributed by atoms with Crippen molar-refractivity contribution in [2.24, 2.45) is 0 Å². The van der Waals surface area contributed by atoms with E-state index in [2.05, 4.69) is 5.10 Å². The van der Waals surface area contributed by atoms with E-state index >= 15 is 0 Å². The molecule has 100 valence electrons. The number of carbonyl (C=O) groups is 1. The number of rotatable bonds is 4. The van der Waals surface area contributed by atoms with Crippen LogP contribution in [0.5, 0.6) is 5.75 Å². The van der Waals surface area contributed by atoms with Crippen LogP contribution in [0.15, 0.2) is 24.3 Å². The van der Waals surface area contributed by atoms with Crippen LogP contribution in [0.1, 0.15) is 17.0 Å². The van der Waals surface area contributed by atoms with E-state index in [0.29, 0.717) is 0 Å². The van der Waals surface area contributed by atoms with Crippen molar-refractivity contribution in [3.63, 3.8) is 0 Å². The van der Waals surface area contributed by atoms with Crippen LogP contribution >= 0.6 is 0 Å². The Morgan fingerprint density at radius 1 is 1.42 bits per heavy atom. The Bertz CT molecular complexity index is 617. The first-order valence-corrected chi connectivity index (χ1v) is 5.94. The molecule has 0 unspecified atom stereocenters. The Kier molecular flexibility index (Phi) is 3.55. The van der Waals surface area contributed by atoms with Crippen molar-refractivity contribution in [1.29, 1.82) is 0 Å². The van der Waals surface area contributed by atoms with Gasteiger partial charge in [-0.15, -0.1) is 0 Å². The van der Waals surface area contributed by atoms with Gasteiger partial charge in [-0.3, -0.25) is 4.79 Å². The number of carboxylic acids is 1. The zero-order valence-corrected chi connectivity index (χ0v) is 11.2. The molecule has 5 heteroatoms. The van der Waals surface area contributed by atoms with Gasteiger partial charge >= 0.3 is 5.97 Å². The minimum Gasteiger partial charge on any atom is -0.497 e. The van der Waals surface area contributed by atoms with Crippen LogP contribution < -0.4 is 4.74 Å². The first-order valence-electron chi connectivity index (χ1n) is 5.94. The maximum atomic E-state index is 10.9. The number of nitrogens with zero attached hydrogens (tertiary/aromatic N) is 2. The van der Waals surface area contributed by atoms with Crippen LogP contribution in [0.3, 0.4) is 0 Å². The Labute approximate surface area is 111 Å². The van der Waals surface area contributed by atoms with Crippen molar-refractivity contribution in [3.05, 3.63) is 41.2 Å². The highest BCUT2D eigenvalue weighted by molar-refractivity contribution is 5.71. The Hall–Kier alpha value is -2.30. The largest absolute Gasteiger partial charge is 0.497 e. The third-order valence-electron chi connectivity index (χ3n) is 3.07. The van der Waals surface area contributed by atoms with E-state index in [0.717, 1.165) is 28.4 Å². The van der Waals surface area contributed by atoms with E-state index in [4.69, 9.17) is 9.84 Å². The van der Waals surface area contributed by atoms with Crippen molar-refractivity contribution >= 4 is 5.97 Å². The third kappa shape index (κ3) is 2.59. The van der Waals surface area contributed by atoms with Crippen LogP contribution in [-0.2, 0) is 11.2 Å². The molecule has 0 fully saturated rings. The van der Waals surface area contributed by atoms with Crippen LogP contribution in [-0.4, -0.2) is 28.0 Å². The quantitative estimate of drug-likeness (QED) is 0.914. The van der Waals surface area contributed by atoms with Gasteiger partial charge in [0.25, 0.3) is 0 Å². The Morgan fingerprint density at radius 2 is 2.16 bits per heavy atom. The van der Waals surface area contributed by atoms with Gasteiger partial charge in [-0.2, -0.15) is 5.10 Å². The molecule has 0 atom stereocenters. The summed E-state index contributed by atoms with van der Waals surface area (Å²) in [6, 6.07) is 7.51. The second kappa shape index (κ2) is 5.14. The van der Waals surface area contributed by atoms with Crippen LogP contribution in [0.25, 0.3) is 5.69 Å². The summed E-state index contributed by atoms with van der Waals surface area (Å²) in [6.07, 6.45) is -0.0123. The number of hydrogen-bond donors (Lipinski definition) is 1. The highest BCUT2D eigenvalue weighted by Crippen LogP contribution is 2.21. The molecule has 5 nitrogen and oxygen atoms in total. The van der Waals surface area contributed by atoms with Crippen LogP contribution in [0, 0.1) is 13.8 Å². The van der Waals surface area contributed by atoms with Crippen molar-refractivity contribution < 1.29 is 14.6 Å². The van der Waals surface area contributed by atoms with Crippen LogP contribution in [0.2, 0.25) is 0 Å². The highest BCUT2D eigenvalue weighted by Gasteiger charge is 2.15. The molecule has 1 aromatic carbocycles. The van der Waals surface area contributed by atoms with Gasteiger partial charge in [0, 0.05) is 17.3 Å². The summed E-state index contributed by atoms with van der Waals surface area (Å²) < 4.78 is 6.93. The number of ether oxygens (including phenoxy) is 1. The standard InChI is InChI=1S/C14H16N2O3/c1-9-13(8-14(17)18)10(2)16(15-9)11-5-4-6-12(7-11)19-3/h4-7H,8H2,1-3H3,(H,17,18). The number of hydrogen-bond acceptors (Lipinski definition) is 3. The molecule has 0 aliphatic heterocycles. The normalized spacial score (nSPS) is 10.5. The van der Waals surface area contributed by atoms with Gasteiger partial charge in [0.1, 0.15) is 5.75 Å². The van der Waals surface area contributed by atoms with Crippen LogP contribution in [0.4, 0.5) is 0 Å². The zero-order valence-electron chi connectivity index (χ0n) is 11.2. The third-order valence-corrected chi connectivity index (χ3v) is 3.07. The van der Waals surface area contributed by atoms with Gasteiger partial charge in [-0.1, -0.05) is 6.07 Å². The molecule has 0 aliphatic rings. The number of aromatic nitrogens is 2. The second-order valence-corrected chi connectivity index (χ2v) is 4.33. The summed E-state index contributed by atoms with van der Waals surface area (Å²) in [7, 11) is 1.61. The SMILES string of the molecule is COc1cccc(-n2nc(C)c(CC(=O)O)c2C)c1. The fraction of sp³-hybridized carbons (Fsp3) is 0.286. The molecule has 0 aliphatic carbocycles. The highest BCUT2D eigenvalue weighted by atomic mass is 16.5. The fourth-order valence-corrected chi connectivity index (χ4v) is 2.08. The Morgan fingerprint density at radius 3 is 2.79 bits per heavy atom. The van der Waals surface area contributed by atoms with Gasteiger partial charge in [0.15, 0.2) is 0 Å². The molecule has 1 N–H and O–H groups in total. The minimum atomic E-state index is -0.851. The van der Waals surface area contributed by atoms with E-state index in [1.807, 2.05) is 38.1 Å². The van der Waals surface area contributed by atoms with E-state index in [1.54, 1.807) is 11.8 Å². The maximum absolute atomic E-state index is 10.9. The number of aliphatic carboxylic acids is 1. The monoisotopic (exact) mass is 260 g/mol. The molecule has 1 heterocycles. The smallest absolute Gasteiger partial charge is 0.307 e. The molecular formula is C14H16N2O3. The summed E-state index contributed by atoms with van der Waals surface area (Å²) in [5.41, 5.74) is 3.20. The fourth-order valence-electron chi connectivity index (χ4n) is 2.08. The van der Waals surface area contributed by atoms with E-state index < -0.39 is 5.97 Å². The summed E-state index contributed by atoms with van der Waals surface area (Å²) in [4.78, 5) is 10.9. The summed E-state index contributed by atoms with van der Waals surface area (Å²) >= 11 is 0. The van der Waals surface area contributed by atoms with E-state index in [9.17, 15) is 4.79 Å². The van der Waals surface area contributed by atoms with Gasteiger partial charge < -0.3 is 9.84 Å². The molecular weight excluding hydrogens is 244 g/mol. The summed E-state index contributed by atoms with van der Waals surface area (Å²) in [5.74, 6) is -0.110. The number of methoxy groups -OCH3 is 1. The first-order chi connectivity index (χ1) is 9.02. The lowest BCUT2D eigenvalue weighted by atomic mass is 10.1. The number of aryl methyl sites for hydroxylation is 1. The second-order valence-electron chi connectivity index (χ2n) is 4.33. The van der Waals surface area contributed by atoms with E-state index in [-0.39, 0.29) is 6.42 Å². The molecule has 0 radical (unpaired) electrons. The van der Waals surface area contributed by atoms with Gasteiger partial charge in [-0.25, -0.2) is 4.68 Å². The summed E-state index contributed by atoms with van der Waals surface area (Å²) in [5, 5.41) is 13.3. The molecule has 2 rings (SSSR count). The molecule has 0 spiro atoms. The predicted octanol–water partition coefficient (Wildman–Crippen LogP) is 2.12. The van der Waals surface area contributed by atoms with Gasteiger partial charge in [0.05, 0.1) is 24.9 Å².